The van der Waals surface area contributed by atoms with Crippen LogP contribution in [0.15, 0.2) is 36.4 Å². The smallest absolute Gasteiger partial charge is 0.214 e. The van der Waals surface area contributed by atoms with E-state index >= 15 is 0 Å². The molecule has 2 aromatic rings. The molecule has 0 saturated carbocycles. The summed E-state index contributed by atoms with van der Waals surface area (Å²) in [6.45, 7) is 0.832. The van der Waals surface area contributed by atoms with Gasteiger partial charge in [-0.15, -0.1) is 0 Å². The number of hydrogen-bond acceptors (Lipinski definition) is 5. The average molecular weight is 391 g/mol. The summed E-state index contributed by atoms with van der Waals surface area (Å²) in [5.74, 6) is 2.10. The Hall–Kier alpha value is -2.25. The lowest BCUT2D eigenvalue weighted by molar-refractivity contribution is 0.348. The second-order valence-electron chi connectivity index (χ2n) is 6.48. The van der Waals surface area contributed by atoms with Crippen molar-refractivity contribution >= 4 is 10.0 Å². The van der Waals surface area contributed by atoms with Crippen LogP contribution < -0.4 is 14.2 Å². The van der Waals surface area contributed by atoms with Crippen LogP contribution in [0.2, 0.25) is 0 Å². The molecule has 0 aromatic heterocycles. The Labute approximate surface area is 160 Å². The topological polar surface area (TPSA) is 65.1 Å². The van der Waals surface area contributed by atoms with Gasteiger partial charge in [0.2, 0.25) is 10.0 Å². The first-order valence-corrected chi connectivity index (χ1v) is 10.4. The second-order valence-corrected chi connectivity index (χ2v) is 8.57. The van der Waals surface area contributed by atoms with Crippen LogP contribution in [0, 0.1) is 0 Å². The van der Waals surface area contributed by atoms with Crippen molar-refractivity contribution in [2.24, 2.45) is 0 Å². The minimum absolute atomic E-state index is 0.0722. The van der Waals surface area contributed by atoms with Crippen LogP contribution in [0.5, 0.6) is 17.2 Å². The summed E-state index contributed by atoms with van der Waals surface area (Å²) in [5.41, 5.74) is 3.01. The molecular weight excluding hydrogens is 366 g/mol. The van der Waals surface area contributed by atoms with Gasteiger partial charge in [-0.2, -0.15) is 4.31 Å². The summed E-state index contributed by atoms with van der Waals surface area (Å²) < 4.78 is 43.1. The molecule has 0 radical (unpaired) electrons. The molecule has 0 bridgehead atoms. The first kappa shape index (κ1) is 19.5. The van der Waals surface area contributed by atoms with Crippen molar-refractivity contribution in [2.45, 2.75) is 19.4 Å². The zero-order chi connectivity index (χ0) is 19.4. The zero-order valence-electron chi connectivity index (χ0n) is 15.9. The Kier molecular flexibility index (Phi) is 5.92. The molecule has 0 unspecified atom stereocenters. The number of sulfonamides is 1. The Balaban J connectivity index is 1.73. The van der Waals surface area contributed by atoms with E-state index in [1.807, 2.05) is 36.4 Å². The van der Waals surface area contributed by atoms with Crippen LogP contribution in [0.4, 0.5) is 0 Å². The summed E-state index contributed by atoms with van der Waals surface area (Å²) in [5, 5.41) is 0. The molecule has 146 valence electrons. The number of aryl methyl sites for hydroxylation is 1. The minimum Gasteiger partial charge on any atom is -0.497 e. The van der Waals surface area contributed by atoms with Crippen molar-refractivity contribution in [1.29, 1.82) is 0 Å². The maximum Gasteiger partial charge on any atom is 0.214 e. The number of ether oxygens (including phenoxy) is 3. The van der Waals surface area contributed by atoms with Crippen LogP contribution in [-0.2, 0) is 29.4 Å². The fourth-order valence-electron chi connectivity index (χ4n) is 3.30. The van der Waals surface area contributed by atoms with Gasteiger partial charge in [0.25, 0.3) is 0 Å². The van der Waals surface area contributed by atoms with Crippen molar-refractivity contribution in [1.82, 2.24) is 4.31 Å². The average Bonchev–Trinajstić information content (AvgIpc) is 2.70. The van der Waals surface area contributed by atoms with Crippen molar-refractivity contribution < 1.29 is 22.6 Å². The van der Waals surface area contributed by atoms with E-state index in [1.54, 1.807) is 25.6 Å². The molecule has 0 saturated heterocycles. The maximum atomic E-state index is 12.8. The number of rotatable bonds is 7. The minimum atomic E-state index is -3.36. The Morgan fingerprint density at radius 2 is 1.67 bits per heavy atom. The van der Waals surface area contributed by atoms with Gasteiger partial charge in [-0.3, -0.25) is 0 Å². The van der Waals surface area contributed by atoms with Gasteiger partial charge in [0, 0.05) is 13.1 Å². The van der Waals surface area contributed by atoms with Crippen LogP contribution >= 0.6 is 0 Å². The van der Waals surface area contributed by atoms with Crippen molar-refractivity contribution in [3.8, 4) is 17.2 Å². The second kappa shape index (κ2) is 8.19. The third-order valence-electron chi connectivity index (χ3n) is 4.86. The third-order valence-corrected chi connectivity index (χ3v) is 6.68. The molecule has 0 N–H and O–H groups in total. The highest BCUT2D eigenvalue weighted by atomic mass is 32.2. The van der Waals surface area contributed by atoms with Crippen LogP contribution in [-0.4, -0.2) is 46.4 Å². The van der Waals surface area contributed by atoms with E-state index < -0.39 is 10.0 Å². The highest BCUT2D eigenvalue weighted by Crippen LogP contribution is 2.33. The summed E-state index contributed by atoms with van der Waals surface area (Å²) >= 11 is 0. The largest absolute Gasteiger partial charge is 0.497 e. The molecule has 0 aliphatic carbocycles. The lowest BCUT2D eigenvalue weighted by Gasteiger charge is -2.29. The molecular formula is C20H25NO5S. The predicted molar refractivity (Wildman–Crippen MR) is 104 cm³/mol. The Morgan fingerprint density at radius 1 is 0.963 bits per heavy atom. The van der Waals surface area contributed by atoms with Crippen molar-refractivity contribution in [3.05, 3.63) is 53.1 Å². The van der Waals surface area contributed by atoms with E-state index in [-0.39, 0.29) is 5.75 Å². The fourth-order valence-corrected chi connectivity index (χ4v) is 4.76. The van der Waals surface area contributed by atoms with Crippen LogP contribution in [0.25, 0.3) is 0 Å². The molecule has 6 nitrogen and oxygen atoms in total. The first-order valence-electron chi connectivity index (χ1n) is 8.81. The van der Waals surface area contributed by atoms with E-state index in [0.717, 1.165) is 22.4 Å². The molecule has 0 fully saturated rings. The number of hydrogen-bond donors (Lipinski definition) is 0. The quantitative estimate of drug-likeness (QED) is 0.726. The van der Waals surface area contributed by atoms with Crippen molar-refractivity contribution in [3.63, 3.8) is 0 Å². The van der Waals surface area contributed by atoms with Crippen LogP contribution in [0.1, 0.15) is 16.7 Å². The molecule has 0 amide bonds. The molecule has 2 aromatic carbocycles. The van der Waals surface area contributed by atoms with Gasteiger partial charge < -0.3 is 14.2 Å². The Bertz CT molecular complexity index is 911. The highest BCUT2D eigenvalue weighted by Gasteiger charge is 2.27. The van der Waals surface area contributed by atoms with Gasteiger partial charge in [0.05, 0.1) is 27.1 Å². The first-order chi connectivity index (χ1) is 13.0. The zero-order valence-corrected chi connectivity index (χ0v) is 16.7. The molecule has 27 heavy (non-hydrogen) atoms. The van der Waals surface area contributed by atoms with E-state index in [0.29, 0.717) is 37.4 Å². The Morgan fingerprint density at radius 3 is 2.33 bits per heavy atom. The molecule has 0 atom stereocenters. The lowest BCUT2D eigenvalue weighted by Crippen LogP contribution is -2.37. The molecule has 3 rings (SSSR count). The van der Waals surface area contributed by atoms with Gasteiger partial charge in [-0.1, -0.05) is 12.1 Å². The van der Waals surface area contributed by atoms with Gasteiger partial charge in [0.15, 0.2) is 11.5 Å². The number of methoxy groups -OCH3 is 3. The molecule has 0 spiro atoms. The molecule has 1 aliphatic rings. The molecule has 1 heterocycles. The summed E-state index contributed by atoms with van der Waals surface area (Å²) in [4.78, 5) is 0. The summed E-state index contributed by atoms with van der Waals surface area (Å²) in [6.07, 6.45) is 1.11. The summed E-state index contributed by atoms with van der Waals surface area (Å²) in [6, 6.07) is 11.3. The van der Waals surface area contributed by atoms with Gasteiger partial charge in [-0.05, 0) is 53.8 Å². The molecule has 1 aliphatic heterocycles. The third kappa shape index (κ3) is 4.36. The maximum absolute atomic E-state index is 12.8. The highest BCUT2D eigenvalue weighted by molar-refractivity contribution is 7.89. The molecule has 7 heteroatoms. The normalized spacial score (nSPS) is 14.5. The summed E-state index contributed by atoms with van der Waals surface area (Å²) in [7, 11) is 1.42. The van der Waals surface area contributed by atoms with E-state index in [1.165, 1.54) is 0 Å². The predicted octanol–water partition coefficient (Wildman–Crippen LogP) is 2.64. The monoisotopic (exact) mass is 391 g/mol. The van der Waals surface area contributed by atoms with E-state index in [4.69, 9.17) is 14.2 Å². The van der Waals surface area contributed by atoms with Gasteiger partial charge >= 0.3 is 0 Å². The van der Waals surface area contributed by atoms with Gasteiger partial charge in [0.1, 0.15) is 5.75 Å². The van der Waals surface area contributed by atoms with E-state index in [2.05, 4.69) is 0 Å². The van der Waals surface area contributed by atoms with Crippen molar-refractivity contribution in [2.75, 3.05) is 33.6 Å². The van der Waals surface area contributed by atoms with Crippen LogP contribution in [0.3, 0.4) is 0 Å². The standard InChI is InChI=1S/C20H25NO5S/c1-24-18-6-4-5-15(11-18)8-10-27(22,23)21-9-7-16-12-19(25-2)20(26-3)13-17(16)14-21/h4-6,11-13H,7-10,14H2,1-3H3. The number of fused-ring (bicyclic) bond motifs is 1. The number of benzene rings is 2. The SMILES string of the molecule is COc1cccc(CCS(=O)(=O)N2CCc3cc(OC)c(OC)cc3C2)c1. The lowest BCUT2D eigenvalue weighted by atomic mass is 10.0. The number of nitrogens with zero attached hydrogens (tertiary/aromatic N) is 1. The fraction of sp³-hybridized carbons (Fsp3) is 0.400. The van der Waals surface area contributed by atoms with Gasteiger partial charge in [-0.25, -0.2) is 8.42 Å². The van der Waals surface area contributed by atoms with E-state index in [9.17, 15) is 8.42 Å².